The number of aromatic nitrogens is 4. The number of anilines is 1. The summed E-state index contributed by atoms with van der Waals surface area (Å²) in [6.45, 7) is 4.08. The van der Waals surface area contributed by atoms with E-state index in [1.165, 1.54) is 12.4 Å². The zero-order valence-corrected chi connectivity index (χ0v) is 14.9. The number of benzene rings is 1. The summed E-state index contributed by atoms with van der Waals surface area (Å²) in [5, 5.41) is 4.18. The number of aryl methyl sites for hydroxylation is 1. The summed E-state index contributed by atoms with van der Waals surface area (Å²) in [6, 6.07) is 8.33. The lowest BCUT2D eigenvalue weighted by atomic mass is 10.1. The van der Waals surface area contributed by atoms with Crippen LogP contribution in [-0.4, -0.2) is 56.7 Å². The van der Waals surface area contributed by atoms with Crippen molar-refractivity contribution < 1.29 is 9.18 Å². The molecule has 7 nitrogen and oxygen atoms in total. The molecule has 138 valence electrons. The molecule has 1 aromatic carbocycles. The lowest BCUT2D eigenvalue weighted by Gasteiger charge is -2.35. The minimum Gasteiger partial charge on any atom is -0.353 e. The van der Waals surface area contributed by atoms with Crippen LogP contribution in [0.1, 0.15) is 15.9 Å². The van der Waals surface area contributed by atoms with Crippen molar-refractivity contribution in [2.45, 2.75) is 6.92 Å². The fourth-order valence-electron chi connectivity index (χ4n) is 3.09. The molecule has 27 heavy (non-hydrogen) atoms. The first-order valence-electron chi connectivity index (χ1n) is 8.74. The van der Waals surface area contributed by atoms with Gasteiger partial charge in [0.05, 0.1) is 0 Å². The fourth-order valence-corrected chi connectivity index (χ4v) is 3.09. The maximum atomic E-state index is 13.7. The van der Waals surface area contributed by atoms with Gasteiger partial charge in [0.1, 0.15) is 18.0 Å². The second kappa shape index (κ2) is 7.14. The van der Waals surface area contributed by atoms with Gasteiger partial charge >= 0.3 is 0 Å². The summed E-state index contributed by atoms with van der Waals surface area (Å²) in [5.74, 6) is 0.989. The van der Waals surface area contributed by atoms with Crippen LogP contribution in [-0.2, 0) is 0 Å². The lowest BCUT2D eigenvalue weighted by Crippen LogP contribution is -2.49. The summed E-state index contributed by atoms with van der Waals surface area (Å²) in [6.07, 6.45) is 5.03. The summed E-state index contributed by atoms with van der Waals surface area (Å²) in [4.78, 5) is 25.1. The molecule has 4 rings (SSSR count). The summed E-state index contributed by atoms with van der Waals surface area (Å²) in [7, 11) is 0. The molecule has 0 saturated carbocycles. The standard InChI is InChI=1S/C19H19FN6O/c1-14-3-4-15(11-16(14)20)19(27)25-9-7-24(8-10-25)17-12-18(22-13-21-17)26-6-2-5-23-26/h2-6,11-13H,7-10H2,1H3. The third-order valence-corrected chi connectivity index (χ3v) is 4.69. The molecule has 0 unspecified atom stereocenters. The minimum atomic E-state index is -0.355. The van der Waals surface area contributed by atoms with E-state index in [1.807, 2.05) is 18.3 Å². The van der Waals surface area contributed by atoms with Crippen molar-refractivity contribution in [3.8, 4) is 5.82 Å². The maximum absolute atomic E-state index is 13.7. The molecule has 2 aromatic heterocycles. The van der Waals surface area contributed by atoms with Gasteiger partial charge in [-0.25, -0.2) is 19.0 Å². The molecule has 0 aliphatic carbocycles. The number of amides is 1. The van der Waals surface area contributed by atoms with Crippen LogP contribution >= 0.6 is 0 Å². The van der Waals surface area contributed by atoms with E-state index in [-0.39, 0.29) is 11.7 Å². The largest absolute Gasteiger partial charge is 0.353 e. The minimum absolute atomic E-state index is 0.145. The second-order valence-electron chi connectivity index (χ2n) is 6.43. The molecule has 1 amide bonds. The van der Waals surface area contributed by atoms with Gasteiger partial charge in [-0.05, 0) is 30.7 Å². The summed E-state index contributed by atoms with van der Waals surface area (Å²) >= 11 is 0. The topological polar surface area (TPSA) is 67.2 Å². The molecule has 3 heterocycles. The zero-order valence-electron chi connectivity index (χ0n) is 14.9. The zero-order chi connectivity index (χ0) is 18.8. The summed E-state index contributed by atoms with van der Waals surface area (Å²) < 4.78 is 15.4. The van der Waals surface area contributed by atoms with Gasteiger partial charge < -0.3 is 9.80 Å². The Morgan fingerprint density at radius 1 is 1.07 bits per heavy atom. The van der Waals surface area contributed by atoms with Gasteiger partial charge in [-0.15, -0.1) is 0 Å². The van der Waals surface area contributed by atoms with Gasteiger partial charge in [0.15, 0.2) is 5.82 Å². The quantitative estimate of drug-likeness (QED) is 0.710. The van der Waals surface area contributed by atoms with E-state index in [2.05, 4.69) is 20.0 Å². The van der Waals surface area contributed by atoms with Crippen LogP contribution in [0.25, 0.3) is 5.82 Å². The molecule has 8 heteroatoms. The number of hydrogen-bond acceptors (Lipinski definition) is 5. The van der Waals surface area contributed by atoms with E-state index in [0.717, 1.165) is 5.82 Å². The van der Waals surface area contributed by atoms with Crippen LogP contribution in [0.4, 0.5) is 10.2 Å². The molecule has 1 aliphatic rings. The SMILES string of the molecule is Cc1ccc(C(=O)N2CCN(c3cc(-n4cccn4)ncn3)CC2)cc1F. The molecular weight excluding hydrogens is 347 g/mol. The van der Waals surface area contributed by atoms with Crippen LogP contribution in [0.2, 0.25) is 0 Å². The monoisotopic (exact) mass is 366 g/mol. The van der Waals surface area contributed by atoms with Crippen molar-refractivity contribution in [2.75, 3.05) is 31.1 Å². The van der Waals surface area contributed by atoms with Gasteiger partial charge in [-0.3, -0.25) is 4.79 Å². The number of halogens is 1. The number of carbonyl (C=O) groups is 1. The molecule has 0 N–H and O–H groups in total. The third-order valence-electron chi connectivity index (χ3n) is 4.69. The molecule has 1 saturated heterocycles. The smallest absolute Gasteiger partial charge is 0.254 e. The highest BCUT2D eigenvalue weighted by Crippen LogP contribution is 2.17. The molecule has 0 spiro atoms. The first-order valence-corrected chi connectivity index (χ1v) is 8.74. The van der Waals surface area contributed by atoms with Gasteiger partial charge in [0.2, 0.25) is 0 Å². The lowest BCUT2D eigenvalue weighted by molar-refractivity contribution is 0.0746. The Hall–Kier alpha value is -3.29. The van der Waals surface area contributed by atoms with E-state index in [9.17, 15) is 9.18 Å². The highest BCUT2D eigenvalue weighted by molar-refractivity contribution is 5.94. The Labute approximate surface area is 156 Å². The van der Waals surface area contributed by atoms with Crippen molar-refractivity contribution in [3.63, 3.8) is 0 Å². The van der Waals surface area contributed by atoms with Crippen LogP contribution in [0.5, 0.6) is 0 Å². The molecule has 0 radical (unpaired) electrons. The second-order valence-corrected chi connectivity index (χ2v) is 6.43. The highest BCUT2D eigenvalue weighted by Gasteiger charge is 2.23. The van der Waals surface area contributed by atoms with Crippen LogP contribution in [0.3, 0.4) is 0 Å². The Balaban J connectivity index is 1.44. The number of nitrogens with zero attached hydrogens (tertiary/aromatic N) is 6. The van der Waals surface area contributed by atoms with Crippen molar-refractivity contribution >= 4 is 11.7 Å². The molecule has 0 atom stereocenters. The van der Waals surface area contributed by atoms with Crippen LogP contribution < -0.4 is 4.90 Å². The van der Waals surface area contributed by atoms with Gasteiger partial charge in [-0.2, -0.15) is 5.10 Å². The predicted octanol–water partition coefficient (Wildman–Crippen LogP) is 2.07. The number of rotatable bonds is 3. The van der Waals surface area contributed by atoms with Crippen molar-refractivity contribution in [2.24, 2.45) is 0 Å². The average Bonchev–Trinajstić information content (AvgIpc) is 3.25. The number of hydrogen-bond donors (Lipinski definition) is 0. The highest BCUT2D eigenvalue weighted by atomic mass is 19.1. The van der Waals surface area contributed by atoms with Gasteiger partial charge in [0.25, 0.3) is 5.91 Å². The first kappa shape index (κ1) is 17.1. The fraction of sp³-hybridized carbons (Fsp3) is 0.263. The van der Waals surface area contributed by atoms with Crippen molar-refractivity contribution in [1.82, 2.24) is 24.6 Å². The number of carbonyl (C=O) groups excluding carboxylic acids is 1. The molecule has 1 fully saturated rings. The molecule has 3 aromatic rings. The van der Waals surface area contributed by atoms with E-state index in [1.54, 1.807) is 34.8 Å². The molecule has 0 bridgehead atoms. The Bertz CT molecular complexity index is 951. The van der Waals surface area contributed by atoms with Crippen LogP contribution in [0.15, 0.2) is 49.1 Å². The maximum Gasteiger partial charge on any atom is 0.254 e. The average molecular weight is 366 g/mol. The van der Waals surface area contributed by atoms with E-state index in [0.29, 0.717) is 43.1 Å². The third kappa shape index (κ3) is 3.51. The predicted molar refractivity (Wildman–Crippen MR) is 98.4 cm³/mol. The normalized spacial score (nSPS) is 14.4. The van der Waals surface area contributed by atoms with E-state index < -0.39 is 0 Å². The van der Waals surface area contributed by atoms with Crippen molar-refractivity contribution in [3.05, 3.63) is 66.0 Å². The Morgan fingerprint density at radius 2 is 1.85 bits per heavy atom. The number of piperazine rings is 1. The van der Waals surface area contributed by atoms with Gasteiger partial charge in [-0.1, -0.05) is 6.07 Å². The molecule has 1 aliphatic heterocycles. The van der Waals surface area contributed by atoms with Crippen molar-refractivity contribution in [1.29, 1.82) is 0 Å². The van der Waals surface area contributed by atoms with Crippen LogP contribution in [0, 0.1) is 12.7 Å². The Morgan fingerprint density at radius 3 is 2.56 bits per heavy atom. The summed E-state index contributed by atoms with van der Waals surface area (Å²) in [5.41, 5.74) is 0.919. The first-order chi connectivity index (χ1) is 13.1. The van der Waals surface area contributed by atoms with E-state index in [4.69, 9.17) is 0 Å². The van der Waals surface area contributed by atoms with Gasteiger partial charge in [0, 0.05) is 50.2 Å². The molecular formula is C19H19FN6O. The van der Waals surface area contributed by atoms with E-state index >= 15 is 0 Å². The Kier molecular flexibility index (Phi) is 4.53.